The molecule has 22 heavy (non-hydrogen) atoms. The van der Waals surface area contributed by atoms with Crippen molar-refractivity contribution in [3.63, 3.8) is 0 Å². The molecule has 3 rings (SSSR count). The van der Waals surface area contributed by atoms with Gasteiger partial charge < -0.3 is 9.30 Å². The van der Waals surface area contributed by atoms with Crippen LogP contribution in [0.2, 0.25) is 0 Å². The quantitative estimate of drug-likeness (QED) is 0.698. The second kappa shape index (κ2) is 5.55. The van der Waals surface area contributed by atoms with Crippen LogP contribution in [-0.2, 0) is 11.8 Å². The minimum Gasteiger partial charge on any atom is -0.454 e. The molecule has 0 fully saturated rings. The zero-order valence-corrected chi connectivity index (χ0v) is 12.2. The fourth-order valence-electron chi connectivity index (χ4n) is 2.22. The number of hydrogen-bond donors (Lipinski definition) is 0. The lowest BCUT2D eigenvalue weighted by Crippen LogP contribution is -2.11. The molecule has 5 nitrogen and oxygen atoms in total. The van der Waals surface area contributed by atoms with Crippen molar-refractivity contribution in [3.05, 3.63) is 59.8 Å². The van der Waals surface area contributed by atoms with Crippen LogP contribution in [-0.4, -0.2) is 20.5 Å². The summed E-state index contributed by atoms with van der Waals surface area (Å²) in [6.45, 7) is 1.63. The Kier molecular flexibility index (Phi) is 3.58. The van der Waals surface area contributed by atoms with Gasteiger partial charge in [-0.3, -0.25) is 0 Å². The molecule has 1 atom stereocenters. The van der Waals surface area contributed by atoms with E-state index in [4.69, 9.17) is 4.74 Å². The lowest BCUT2D eigenvalue weighted by Gasteiger charge is -2.14. The third-order valence-electron chi connectivity index (χ3n) is 3.41. The van der Waals surface area contributed by atoms with Crippen LogP contribution in [0, 0.1) is 5.82 Å². The van der Waals surface area contributed by atoms with Crippen LogP contribution < -0.4 is 0 Å². The number of carbonyl (C=O) groups excluding carboxylic acids is 1. The minimum atomic E-state index is -0.687. The van der Waals surface area contributed by atoms with Gasteiger partial charge in [-0.1, -0.05) is 18.2 Å². The first-order valence-corrected chi connectivity index (χ1v) is 6.78. The van der Waals surface area contributed by atoms with E-state index in [1.165, 1.54) is 12.3 Å². The van der Waals surface area contributed by atoms with Gasteiger partial charge in [-0.05, 0) is 19.1 Å². The van der Waals surface area contributed by atoms with Gasteiger partial charge in [0.2, 0.25) is 0 Å². The van der Waals surface area contributed by atoms with E-state index < -0.39 is 17.9 Å². The molecule has 0 bridgehead atoms. The predicted octanol–water partition coefficient (Wildman–Crippen LogP) is 3.03. The van der Waals surface area contributed by atoms with Crippen molar-refractivity contribution >= 4 is 17.1 Å². The summed E-state index contributed by atoms with van der Waals surface area (Å²) in [4.78, 5) is 20.5. The molecular formula is C16H14FN3O2. The Morgan fingerprint density at radius 3 is 2.86 bits per heavy atom. The predicted molar refractivity (Wildman–Crippen MR) is 78.7 cm³/mol. The van der Waals surface area contributed by atoms with Crippen LogP contribution in [0.1, 0.15) is 28.9 Å². The standard InChI is InChI=1S/C16H14FN3O2/c1-10(12-5-3-4-6-13(12)17)22-16(21)11-7-14-15(18-8-11)20(2)9-19-14/h3-10H,1-2H3. The van der Waals surface area contributed by atoms with E-state index in [2.05, 4.69) is 9.97 Å². The SMILES string of the molecule is CC(OC(=O)c1cnc2c(c1)ncn2C)c1ccccc1F. The van der Waals surface area contributed by atoms with Crippen molar-refractivity contribution in [2.75, 3.05) is 0 Å². The molecule has 1 unspecified atom stereocenters. The first-order chi connectivity index (χ1) is 10.6. The number of hydrogen-bond acceptors (Lipinski definition) is 4. The second-order valence-electron chi connectivity index (χ2n) is 4.99. The first-order valence-electron chi connectivity index (χ1n) is 6.78. The Bertz CT molecular complexity index is 844. The summed E-state index contributed by atoms with van der Waals surface area (Å²) in [7, 11) is 1.82. The molecule has 2 heterocycles. The van der Waals surface area contributed by atoms with Gasteiger partial charge in [0.1, 0.15) is 17.4 Å². The zero-order chi connectivity index (χ0) is 15.7. The van der Waals surface area contributed by atoms with E-state index >= 15 is 0 Å². The molecule has 0 spiro atoms. The maximum Gasteiger partial charge on any atom is 0.340 e. The molecule has 0 saturated heterocycles. The van der Waals surface area contributed by atoms with Gasteiger partial charge in [0.15, 0.2) is 5.65 Å². The highest BCUT2D eigenvalue weighted by Crippen LogP contribution is 2.21. The summed E-state index contributed by atoms with van der Waals surface area (Å²) in [6.07, 6.45) is 2.36. The number of esters is 1. The Balaban J connectivity index is 1.82. The molecule has 0 N–H and O–H groups in total. The molecule has 112 valence electrons. The van der Waals surface area contributed by atoms with E-state index in [9.17, 15) is 9.18 Å². The van der Waals surface area contributed by atoms with Crippen LogP contribution in [0.5, 0.6) is 0 Å². The lowest BCUT2D eigenvalue weighted by molar-refractivity contribution is 0.0331. The minimum absolute atomic E-state index is 0.286. The molecule has 1 aromatic carbocycles. The molecule has 6 heteroatoms. The van der Waals surface area contributed by atoms with Crippen LogP contribution >= 0.6 is 0 Å². The van der Waals surface area contributed by atoms with Gasteiger partial charge in [0.05, 0.1) is 11.9 Å². The Hall–Kier alpha value is -2.76. The van der Waals surface area contributed by atoms with Gasteiger partial charge in [0.25, 0.3) is 0 Å². The lowest BCUT2D eigenvalue weighted by atomic mass is 10.1. The maximum atomic E-state index is 13.7. The summed E-state index contributed by atoms with van der Waals surface area (Å²) in [5, 5.41) is 0. The number of carbonyl (C=O) groups is 1. The van der Waals surface area contributed by atoms with Gasteiger partial charge in [-0.25, -0.2) is 19.2 Å². The van der Waals surface area contributed by atoms with Crippen LogP contribution in [0.25, 0.3) is 11.2 Å². The monoisotopic (exact) mass is 299 g/mol. The van der Waals surface area contributed by atoms with Crippen LogP contribution in [0.3, 0.4) is 0 Å². The Morgan fingerprint density at radius 2 is 2.09 bits per heavy atom. The second-order valence-corrected chi connectivity index (χ2v) is 4.99. The van der Waals surface area contributed by atoms with Crippen molar-refractivity contribution in [1.29, 1.82) is 0 Å². The van der Waals surface area contributed by atoms with Crippen molar-refractivity contribution in [3.8, 4) is 0 Å². The fourth-order valence-corrected chi connectivity index (χ4v) is 2.22. The number of imidazole rings is 1. The molecule has 0 aliphatic heterocycles. The number of fused-ring (bicyclic) bond motifs is 1. The summed E-state index contributed by atoms with van der Waals surface area (Å²) >= 11 is 0. The maximum absolute atomic E-state index is 13.7. The van der Waals surface area contributed by atoms with E-state index in [-0.39, 0.29) is 5.56 Å². The van der Waals surface area contributed by atoms with Gasteiger partial charge in [-0.15, -0.1) is 0 Å². The smallest absolute Gasteiger partial charge is 0.340 e. The topological polar surface area (TPSA) is 57.0 Å². The number of benzene rings is 1. The van der Waals surface area contributed by atoms with Crippen molar-refractivity contribution < 1.29 is 13.9 Å². The highest BCUT2D eigenvalue weighted by molar-refractivity contribution is 5.92. The molecule has 0 aliphatic carbocycles. The summed E-state index contributed by atoms with van der Waals surface area (Å²) in [5.74, 6) is -0.961. The average Bonchev–Trinajstić information content (AvgIpc) is 2.88. The summed E-state index contributed by atoms with van der Waals surface area (Å²) < 4.78 is 20.7. The van der Waals surface area contributed by atoms with Crippen molar-refractivity contribution in [1.82, 2.24) is 14.5 Å². The molecular weight excluding hydrogens is 285 g/mol. The number of rotatable bonds is 3. The number of ether oxygens (including phenoxy) is 1. The van der Waals surface area contributed by atoms with Gasteiger partial charge in [-0.2, -0.15) is 0 Å². The first kappa shape index (κ1) is 14.2. The highest BCUT2D eigenvalue weighted by atomic mass is 19.1. The number of halogens is 1. The van der Waals surface area contributed by atoms with E-state index in [1.54, 1.807) is 42.1 Å². The Labute approximate surface area is 126 Å². The largest absolute Gasteiger partial charge is 0.454 e. The Morgan fingerprint density at radius 1 is 1.32 bits per heavy atom. The molecule has 2 aromatic heterocycles. The highest BCUT2D eigenvalue weighted by Gasteiger charge is 2.17. The van der Waals surface area contributed by atoms with E-state index in [1.807, 2.05) is 7.05 Å². The number of aryl methyl sites for hydroxylation is 1. The van der Waals surface area contributed by atoms with Crippen molar-refractivity contribution in [2.24, 2.45) is 7.05 Å². The average molecular weight is 299 g/mol. The molecule has 0 radical (unpaired) electrons. The molecule has 3 aromatic rings. The molecule has 0 amide bonds. The van der Waals surface area contributed by atoms with E-state index in [0.29, 0.717) is 16.7 Å². The van der Waals surface area contributed by atoms with E-state index in [0.717, 1.165) is 0 Å². The van der Waals surface area contributed by atoms with Crippen LogP contribution in [0.15, 0.2) is 42.9 Å². The number of aromatic nitrogens is 3. The fraction of sp³-hybridized carbons (Fsp3) is 0.188. The summed E-state index contributed by atoms with van der Waals surface area (Å²) in [6, 6.07) is 7.82. The number of nitrogens with zero attached hydrogens (tertiary/aromatic N) is 3. The van der Waals surface area contributed by atoms with Crippen molar-refractivity contribution in [2.45, 2.75) is 13.0 Å². The third kappa shape index (κ3) is 2.55. The zero-order valence-electron chi connectivity index (χ0n) is 12.2. The van der Waals surface area contributed by atoms with Gasteiger partial charge >= 0.3 is 5.97 Å². The van der Waals surface area contributed by atoms with Crippen LogP contribution in [0.4, 0.5) is 4.39 Å². The molecule has 0 aliphatic rings. The van der Waals surface area contributed by atoms with Gasteiger partial charge in [0, 0.05) is 18.8 Å². The number of pyridine rings is 1. The third-order valence-corrected chi connectivity index (χ3v) is 3.41. The summed E-state index contributed by atoms with van der Waals surface area (Å²) in [5.41, 5.74) is 1.91. The normalized spacial score (nSPS) is 12.3. The molecule has 0 saturated carbocycles.